The zero-order chi connectivity index (χ0) is 13.3. The molecule has 100 valence electrons. The van der Waals surface area contributed by atoms with Gasteiger partial charge < -0.3 is 18.5 Å². The van der Waals surface area contributed by atoms with Gasteiger partial charge in [0, 0.05) is 12.7 Å². The third-order valence-electron chi connectivity index (χ3n) is 1.58. The van der Waals surface area contributed by atoms with Crippen LogP contribution >= 0.6 is 8.25 Å². The predicted octanol–water partition coefficient (Wildman–Crippen LogP) is 1.56. The van der Waals surface area contributed by atoms with Crippen LogP contribution in [0.4, 0.5) is 0 Å². The minimum absolute atomic E-state index is 0.0180. The molecule has 2 atom stereocenters. The fourth-order valence-corrected chi connectivity index (χ4v) is 1.56. The Balaban J connectivity index is 3.58. The van der Waals surface area contributed by atoms with Crippen molar-refractivity contribution in [3.63, 3.8) is 0 Å². The van der Waals surface area contributed by atoms with E-state index in [-0.39, 0.29) is 19.3 Å². The molecule has 17 heavy (non-hydrogen) atoms. The topological polar surface area (TPSA) is 71.1 Å². The number of carbonyl (C=O) groups excluding carboxylic acids is 1. The molecule has 0 spiro atoms. The van der Waals surface area contributed by atoms with Crippen molar-refractivity contribution in [2.24, 2.45) is 0 Å². The fourth-order valence-electron chi connectivity index (χ4n) is 0.850. The highest BCUT2D eigenvalue weighted by Crippen LogP contribution is 2.25. The molecule has 2 unspecified atom stereocenters. The van der Waals surface area contributed by atoms with Crippen LogP contribution in [0.3, 0.4) is 0 Å². The van der Waals surface area contributed by atoms with Crippen LogP contribution < -0.4 is 0 Å². The van der Waals surface area contributed by atoms with Gasteiger partial charge in [-0.25, -0.2) is 4.79 Å². The first-order valence-corrected chi connectivity index (χ1v) is 6.34. The third kappa shape index (κ3) is 9.06. The molecule has 0 amide bonds. The van der Waals surface area contributed by atoms with E-state index >= 15 is 0 Å². The second kappa shape index (κ2) is 9.36. The van der Waals surface area contributed by atoms with Gasteiger partial charge in [-0.1, -0.05) is 6.58 Å². The van der Waals surface area contributed by atoms with Gasteiger partial charge in [0.1, 0.15) is 6.61 Å². The molecular formula is C10H19O6P. The van der Waals surface area contributed by atoms with Crippen LogP contribution in [0, 0.1) is 0 Å². The second-order valence-electron chi connectivity index (χ2n) is 3.40. The Bertz CT molecular complexity index is 278. The smallest absolute Gasteiger partial charge is 0.333 e. The van der Waals surface area contributed by atoms with Gasteiger partial charge in [-0.3, -0.25) is 4.57 Å². The molecule has 0 aliphatic carbocycles. The SMILES string of the molecule is C=C(C)C(=O)OCCO[PH](=O)OC(C)COC. The summed E-state index contributed by atoms with van der Waals surface area (Å²) in [5.74, 6) is -0.498. The van der Waals surface area contributed by atoms with Crippen molar-refractivity contribution in [3.8, 4) is 0 Å². The zero-order valence-corrected chi connectivity index (χ0v) is 11.4. The minimum Gasteiger partial charge on any atom is -0.460 e. The Labute approximate surface area is 102 Å². The monoisotopic (exact) mass is 266 g/mol. The molecule has 0 fully saturated rings. The van der Waals surface area contributed by atoms with E-state index in [0.717, 1.165) is 0 Å². The van der Waals surface area contributed by atoms with Crippen molar-refractivity contribution in [1.82, 2.24) is 0 Å². The first-order chi connectivity index (χ1) is 7.97. The lowest BCUT2D eigenvalue weighted by atomic mass is 10.4. The Kier molecular flexibility index (Phi) is 8.99. The van der Waals surface area contributed by atoms with Gasteiger partial charge in [0.05, 0.1) is 19.3 Å². The predicted molar refractivity (Wildman–Crippen MR) is 63.1 cm³/mol. The normalized spacial score (nSPS) is 14.1. The highest BCUT2D eigenvalue weighted by atomic mass is 31.1. The molecule has 0 heterocycles. The van der Waals surface area contributed by atoms with Crippen molar-refractivity contribution in [2.45, 2.75) is 20.0 Å². The summed E-state index contributed by atoms with van der Waals surface area (Å²) >= 11 is 0. The molecule has 0 radical (unpaired) electrons. The third-order valence-corrected chi connectivity index (χ3v) is 2.62. The summed E-state index contributed by atoms with van der Waals surface area (Å²) < 4.78 is 30.6. The van der Waals surface area contributed by atoms with E-state index in [1.165, 1.54) is 7.11 Å². The number of ether oxygens (including phenoxy) is 2. The van der Waals surface area contributed by atoms with Crippen molar-refractivity contribution >= 4 is 14.2 Å². The van der Waals surface area contributed by atoms with Gasteiger partial charge in [0.2, 0.25) is 0 Å². The summed E-state index contributed by atoms with van der Waals surface area (Å²) in [6.07, 6.45) is -0.302. The maximum absolute atomic E-state index is 11.2. The summed E-state index contributed by atoms with van der Waals surface area (Å²) in [6.45, 7) is 7.06. The highest BCUT2D eigenvalue weighted by Gasteiger charge is 2.08. The fraction of sp³-hybridized carbons (Fsp3) is 0.700. The van der Waals surface area contributed by atoms with Crippen LogP contribution in [-0.4, -0.2) is 39.0 Å². The second-order valence-corrected chi connectivity index (χ2v) is 4.42. The molecule has 0 aliphatic heterocycles. The first kappa shape index (κ1) is 16.3. The van der Waals surface area contributed by atoms with Crippen LogP contribution in [0.25, 0.3) is 0 Å². The molecule has 0 aromatic rings. The quantitative estimate of drug-likeness (QED) is 0.273. The van der Waals surface area contributed by atoms with E-state index in [2.05, 4.69) is 6.58 Å². The number of carbonyl (C=O) groups is 1. The van der Waals surface area contributed by atoms with Crippen molar-refractivity contribution < 1.29 is 27.9 Å². The molecule has 0 saturated carbocycles. The lowest BCUT2D eigenvalue weighted by molar-refractivity contribution is -0.139. The van der Waals surface area contributed by atoms with Crippen LogP contribution in [0.15, 0.2) is 12.2 Å². The minimum atomic E-state index is -2.57. The molecule has 0 aliphatic rings. The Hall–Kier alpha value is -0.680. The van der Waals surface area contributed by atoms with E-state index < -0.39 is 14.2 Å². The zero-order valence-electron chi connectivity index (χ0n) is 10.4. The lowest BCUT2D eigenvalue weighted by Gasteiger charge is -2.11. The van der Waals surface area contributed by atoms with E-state index in [1.807, 2.05) is 0 Å². The van der Waals surface area contributed by atoms with Gasteiger partial charge in [-0.05, 0) is 13.8 Å². The number of esters is 1. The molecule has 0 bridgehead atoms. The molecular weight excluding hydrogens is 247 g/mol. The molecule has 0 N–H and O–H groups in total. The highest BCUT2D eigenvalue weighted by molar-refractivity contribution is 7.33. The maximum atomic E-state index is 11.2. The van der Waals surface area contributed by atoms with Gasteiger partial charge in [-0.15, -0.1) is 0 Å². The Morgan fingerprint density at radius 1 is 1.41 bits per heavy atom. The average molecular weight is 266 g/mol. The van der Waals surface area contributed by atoms with Crippen molar-refractivity contribution in [2.75, 3.05) is 26.9 Å². The number of hydrogen-bond donors (Lipinski definition) is 0. The number of rotatable bonds is 9. The van der Waals surface area contributed by atoms with Gasteiger partial charge in [0.25, 0.3) is 0 Å². The van der Waals surface area contributed by atoms with E-state index in [9.17, 15) is 9.36 Å². The molecule has 0 saturated heterocycles. The van der Waals surface area contributed by atoms with Crippen molar-refractivity contribution in [3.05, 3.63) is 12.2 Å². The van der Waals surface area contributed by atoms with Crippen LogP contribution in [0.1, 0.15) is 13.8 Å². The molecule has 0 rings (SSSR count). The van der Waals surface area contributed by atoms with Crippen LogP contribution in [0.2, 0.25) is 0 Å². The lowest BCUT2D eigenvalue weighted by Crippen LogP contribution is -2.12. The molecule has 6 nitrogen and oxygen atoms in total. The summed E-state index contributed by atoms with van der Waals surface area (Å²) in [5.41, 5.74) is 0.308. The van der Waals surface area contributed by atoms with Crippen LogP contribution in [-0.2, 0) is 27.9 Å². The summed E-state index contributed by atoms with van der Waals surface area (Å²) in [4.78, 5) is 11.0. The summed E-state index contributed by atoms with van der Waals surface area (Å²) in [7, 11) is -1.05. The van der Waals surface area contributed by atoms with Gasteiger partial charge in [-0.2, -0.15) is 0 Å². The van der Waals surface area contributed by atoms with Gasteiger partial charge >= 0.3 is 14.2 Å². The Morgan fingerprint density at radius 3 is 2.59 bits per heavy atom. The standard InChI is InChI=1S/C10H19O6P/c1-8(2)10(11)14-5-6-15-17(12)16-9(3)7-13-4/h9,17H,1,5-7H2,2-4H3. The first-order valence-electron chi connectivity index (χ1n) is 5.12. The largest absolute Gasteiger partial charge is 0.460 e. The maximum Gasteiger partial charge on any atom is 0.333 e. The number of methoxy groups -OCH3 is 1. The van der Waals surface area contributed by atoms with E-state index in [0.29, 0.717) is 12.2 Å². The molecule has 0 aromatic carbocycles. The van der Waals surface area contributed by atoms with Crippen molar-refractivity contribution in [1.29, 1.82) is 0 Å². The molecule has 0 aromatic heterocycles. The van der Waals surface area contributed by atoms with E-state index in [1.54, 1.807) is 13.8 Å². The van der Waals surface area contributed by atoms with E-state index in [4.69, 9.17) is 18.5 Å². The summed E-state index contributed by atoms with van der Waals surface area (Å²) in [5, 5.41) is 0. The molecule has 7 heteroatoms. The van der Waals surface area contributed by atoms with Gasteiger partial charge in [0.15, 0.2) is 0 Å². The van der Waals surface area contributed by atoms with Crippen LogP contribution in [0.5, 0.6) is 0 Å². The average Bonchev–Trinajstić information content (AvgIpc) is 2.24. The Morgan fingerprint density at radius 2 is 2.06 bits per heavy atom. The number of hydrogen-bond acceptors (Lipinski definition) is 6. The summed E-state index contributed by atoms with van der Waals surface area (Å²) in [6, 6.07) is 0.